The third-order valence-corrected chi connectivity index (χ3v) is 1.94. The highest BCUT2D eigenvalue weighted by molar-refractivity contribution is 4.91. The molecule has 0 saturated carbocycles. The third kappa shape index (κ3) is 1.69. The van der Waals surface area contributed by atoms with E-state index in [-0.39, 0.29) is 13.2 Å². The van der Waals surface area contributed by atoms with Crippen molar-refractivity contribution in [3.63, 3.8) is 0 Å². The molecule has 1 saturated heterocycles. The molecule has 5 nitrogen and oxygen atoms in total. The summed E-state index contributed by atoms with van der Waals surface area (Å²) < 4.78 is 0. The van der Waals surface area contributed by atoms with Gasteiger partial charge >= 0.3 is 0 Å². The zero-order valence-electron chi connectivity index (χ0n) is 6.01. The summed E-state index contributed by atoms with van der Waals surface area (Å²) in [5, 5.41) is 38.6. The first-order valence-electron chi connectivity index (χ1n) is 3.55. The van der Waals surface area contributed by atoms with Gasteiger partial charge in [0, 0.05) is 6.54 Å². The smallest absolute Gasteiger partial charge is 0.109 e. The van der Waals surface area contributed by atoms with E-state index >= 15 is 0 Å². The van der Waals surface area contributed by atoms with E-state index < -0.39 is 24.4 Å². The Balaban J connectivity index is 2.52. The Kier molecular flexibility index (Phi) is 2.80. The van der Waals surface area contributed by atoms with Gasteiger partial charge in [0.05, 0.1) is 24.9 Å². The monoisotopic (exact) mass is 163 g/mol. The number of nitrogens with one attached hydrogen (secondary N) is 1. The Morgan fingerprint density at radius 1 is 1.18 bits per heavy atom. The lowest BCUT2D eigenvalue weighted by atomic mass is 9.97. The highest BCUT2D eigenvalue weighted by Crippen LogP contribution is 2.09. The Labute approximate surface area is 64.3 Å². The van der Waals surface area contributed by atoms with Crippen molar-refractivity contribution < 1.29 is 20.4 Å². The Morgan fingerprint density at radius 3 is 2.36 bits per heavy atom. The number of hydrogen-bond donors (Lipinski definition) is 5. The summed E-state index contributed by atoms with van der Waals surface area (Å²) in [6, 6.07) is -0.534. The van der Waals surface area contributed by atoms with Crippen molar-refractivity contribution in [1.29, 1.82) is 0 Å². The number of rotatable bonds is 1. The van der Waals surface area contributed by atoms with Crippen LogP contribution in [0.5, 0.6) is 0 Å². The Morgan fingerprint density at radius 2 is 1.82 bits per heavy atom. The SMILES string of the molecule is OCC1NC[C@@H](O)[C@H](O)[C@H]1O. The maximum Gasteiger partial charge on any atom is 0.109 e. The van der Waals surface area contributed by atoms with Crippen LogP contribution in [0.15, 0.2) is 0 Å². The number of piperidine rings is 1. The fourth-order valence-electron chi connectivity index (χ4n) is 1.15. The van der Waals surface area contributed by atoms with E-state index in [0.717, 1.165) is 0 Å². The summed E-state index contributed by atoms with van der Waals surface area (Å²) in [4.78, 5) is 0. The van der Waals surface area contributed by atoms with Gasteiger partial charge in [0.25, 0.3) is 0 Å². The molecule has 1 fully saturated rings. The normalized spacial score (nSPS) is 45.8. The van der Waals surface area contributed by atoms with Crippen LogP contribution in [0.1, 0.15) is 0 Å². The largest absolute Gasteiger partial charge is 0.395 e. The predicted molar refractivity (Wildman–Crippen MR) is 36.9 cm³/mol. The second-order valence-electron chi connectivity index (χ2n) is 2.75. The highest BCUT2D eigenvalue weighted by Gasteiger charge is 2.35. The molecule has 5 heteroatoms. The summed E-state index contributed by atoms with van der Waals surface area (Å²) in [6.07, 6.45) is -3.20. The Hall–Kier alpha value is -0.200. The average Bonchev–Trinajstić information content (AvgIpc) is 2.01. The first-order valence-corrected chi connectivity index (χ1v) is 3.55. The summed E-state index contributed by atoms with van der Waals surface area (Å²) in [5.41, 5.74) is 0. The molecule has 0 radical (unpaired) electrons. The Bertz CT molecular complexity index is 130. The molecule has 4 atom stereocenters. The van der Waals surface area contributed by atoms with Crippen LogP contribution in [0.3, 0.4) is 0 Å². The van der Waals surface area contributed by atoms with Gasteiger partial charge < -0.3 is 25.7 Å². The molecule has 5 N–H and O–H groups in total. The molecule has 0 aromatic carbocycles. The summed E-state index contributed by atoms with van der Waals surface area (Å²) in [6.45, 7) is -0.0472. The van der Waals surface area contributed by atoms with Crippen molar-refractivity contribution in [2.45, 2.75) is 24.4 Å². The van der Waals surface area contributed by atoms with Crippen molar-refractivity contribution in [1.82, 2.24) is 5.32 Å². The van der Waals surface area contributed by atoms with E-state index in [1.54, 1.807) is 0 Å². The summed E-state index contributed by atoms with van der Waals surface area (Å²) >= 11 is 0. The van der Waals surface area contributed by atoms with Crippen molar-refractivity contribution in [3.05, 3.63) is 0 Å². The van der Waals surface area contributed by atoms with Crippen molar-refractivity contribution in [2.75, 3.05) is 13.2 Å². The first-order chi connectivity index (χ1) is 5.16. The van der Waals surface area contributed by atoms with Crippen LogP contribution in [0.2, 0.25) is 0 Å². The minimum atomic E-state index is -1.16. The van der Waals surface area contributed by atoms with Gasteiger partial charge in [-0.3, -0.25) is 0 Å². The van der Waals surface area contributed by atoms with Gasteiger partial charge in [-0.1, -0.05) is 0 Å². The molecule has 0 aromatic heterocycles. The topological polar surface area (TPSA) is 93.0 Å². The lowest BCUT2D eigenvalue weighted by Crippen LogP contribution is -2.60. The fraction of sp³-hybridized carbons (Fsp3) is 1.00. The second kappa shape index (κ2) is 3.46. The van der Waals surface area contributed by atoms with E-state index in [1.165, 1.54) is 0 Å². The van der Waals surface area contributed by atoms with Crippen LogP contribution in [0, 0.1) is 0 Å². The van der Waals surface area contributed by atoms with Crippen LogP contribution in [0.4, 0.5) is 0 Å². The van der Waals surface area contributed by atoms with Gasteiger partial charge in [-0.2, -0.15) is 0 Å². The van der Waals surface area contributed by atoms with E-state index in [9.17, 15) is 5.11 Å². The third-order valence-electron chi connectivity index (χ3n) is 1.94. The molecule has 1 aliphatic heterocycles. The summed E-state index contributed by atoms with van der Waals surface area (Å²) in [7, 11) is 0. The molecular formula is C6H13NO4. The lowest BCUT2D eigenvalue weighted by molar-refractivity contribution is -0.101. The van der Waals surface area contributed by atoms with Crippen LogP contribution >= 0.6 is 0 Å². The van der Waals surface area contributed by atoms with Gasteiger partial charge in [-0.15, -0.1) is 0 Å². The van der Waals surface area contributed by atoms with Crippen LogP contribution < -0.4 is 5.32 Å². The highest BCUT2D eigenvalue weighted by atomic mass is 16.4. The zero-order valence-corrected chi connectivity index (χ0v) is 6.01. The molecular weight excluding hydrogens is 150 g/mol. The number of aliphatic hydroxyl groups excluding tert-OH is 4. The van der Waals surface area contributed by atoms with Crippen molar-refractivity contribution in [2.24, 2.45) is 0 Å². The average molecular weight is 163 g/mol. The summed E-state index contributed by atoms with van der Waals surface area (Å²) in [5.74, 6) is 0. The van der Waals surface area contributed by atoms with Crippen LogP contribution in [-0.2, 0) is 0 Å². The van der Waals surface area contributed by atoms with Gasteiger partial charge in [-0.05, 0) is 0 Å². The number of β-amino-alcohol motifs (C(OH)–C–C–N with tert-alkyl or cyclic N) is 1. The van der Waals surface area contributed by atoms with E-state index in [2.05, 4.69) is 5.32 Å². The van der Waals surface area contributed by atoms with Crippen molar-refractivity contribution >= 4 is 0 Å². The van der Waals surface area contributed by atoms with E-state index in [0.29, 0.717) is 0 Å². The van der Waals surface area contributed by atoms with E-state index in [1.807, 2.05) is 0 Å². The standard InChI is InChI=1S/C6H13NO4/c8-2-3-5(10)6(11)4(9)1-7-3/h3-11H,1-2H2/t3?,4-,5+,6+/m1/s1. The van der Waals surface area contributed by atoms with Crippen LogP contribution in [0.25, 0.3) is 0 Å². The molecule has 0 amide bonds. The number of aliphatic hydroxyl groups is 4. The van der Waals surface area contributed by atoms with Gasteiger partial charge in [0.15, 0.2) is 0 Å². The van der Waals surface area contributed by atoms with Crippen molar-refractivity contribution in [3.8, 4) is 0 Å². The van der Waals surface area contributed by atoms with Gasteiger partial charge in [-0.25, -0.2) is 0 Å². The molecule has 11 heavy (non-hydrogen) atoms. The quantitative estimate of drug-likeness (QED) is 0.285. The van der Waals surface area contributed by atoms with Crippen LogP contribution in [-0.4, -0.2) is 57.9 Å². The molecule has 0 spiro atoms. The fourth-order valence-corrected chi connectivity index (χ4v) is 1.15. The minimum Gasteiger partial charge on any atom is -0.395 e. The van der Waals surface area contributed by atoms with E-state index in [4.69, 9.17) is 15.3 Å². The lowest BCUT2D eigenvalue weighted by Gasteiger charge is -2.34. The predicted octanol–water partition coefficient (Wildman–Crippen LogP) is -2.97. The maximum atomic E-state index is 9.18. The number of hydrogen-bond acceptors (Lipinski definition) is 5. The molecule has 66 valence electrons. The molecule has 1 aliphatic rings. The van der Waals surface area contributed by atoms with Gasteiger partial charge in [0.2, 0.25) is 0 Å². The maximum absolute atomic E-state index is 9.18. The minimum absolute atomic E-state index is 0.198. The van der Waals surface area contributed by atoms with Gasteiger partial charge in [0.1, 0.15) is 6.10 Å². The first kappa shape index (κ1) is 8.89. The molecule has 1 unspecified atom stereocenters. The molecule has 0 aliphatic carbocycles. The molecule has 1 heterocycles. The molecule has 0 aromatic rings. The zero-order chi connectivity index (χ0) is 8.43. The second-order valence-corrected chi connectivity index (χ2v) is 2.75. The molecule has 0 bridgehead atoms. The molecule has 1 rings (SSSR count).